The zero-order valence-corrected chi connectivity index (χ0v) is 19.8. The van der Waals surface area contributed by atoms with E-state index in [0.29, 0.717) is 11.0 Å². The fourth-order valence-corrected chi connectivity index (χ4v) is 4.62. The number of nitrogens with zero attached hydrogens (tertiary/aromatic N) is 3. The Kier molecular flexibility index (Phi) is 6.60. The number of carbonyl (C=O) groups excluding carboxylic acids is 1. The van der Waals surface area contributed by atoms with Gasteiger partial charge >= 0.3 is 0 Å². The molecule has 0 spiro atoms. The summed E-state index contributed by atoms with van der Waals surface area (Å²) in [6.45, 7) is 7.86. The van der Waals surface area contributed by atoms with Crippen LogP contribution in [0.2, 0.25) is 0 Å². The number of hydrogen-bond acceptors (Lipinski definition) is 4. The maximum atomic E-state index is 13.6. The number of halogens is 1. The normalized spacial score (nSPS) is 11.9. The molecule has 0 saturated carbocycles. The minimum absolute atomic E-state index is 0.120. The van der Waals surface area contributed by atoms with Crippen molar-refractivity contribution in [2.45, 2.75) is 38.1 Å². The first-order valence-electron chi connectivity index (χ1n) is 10.7. The lowest BCUT2D eigenvalue weighted by molar-refractivity contribution is -0.115. The smallest absolute Gasteiger partial charge is 0.237 e. The minimum Gasteiger partial charge on any atom is -0.325 e. The SMILES string of the molecule is Cc1cc(C)c(NC(=O)C(C)Sc2nnc(-c3ccccc3)n2-c2ccc(F)cc2)c(C)c1. The van der Waals surface area contributed by atoms with Crippen molar-refractivity contribution in [3.05, 3.63) is 89.2 Å². The lowest BCUT2D eigenvalue weighted by atomic mass is 10.1. The maximum absolute atomic E-state index is 13.6. The first-order chi connectivity index (χ1) is 15.8. The van der Waals surface area contributed by atoms with Crippen LogP contribution in [0.4, 0.5) is 10.1 Å². The molecule has 1 amide bonds. The Morgan fingerprint density at radius 1 is 0.970 bits per heavy atom. The molecular weight excluding hydrogens is 435 g/mol. The van der Waals surface area contributed by atoms with Gasteiger partial charge in [0.15, 0.2) is 11.0 Å². The zero-order chi connectivity index (χ0) is 23.5. The van der Waals surface area contributed by atoms with Crippen molar-refractivity contribution in [3.63, 3.8) is 0 Å². The van der Waals surface area contributed by atoms with Crippen LogP contribution in [0, 0.1) is 26.6 Å². The van der Waals surface area contributed by atoms with Crippen LogP contribution in [0.25, 0.3) is 17.1 Å². The number of rotatable bonds is 6. The van der Waals surface area contributed by atoms with E-state index in [-0.39, 0.29) is 11.7 Å². The molecule has 0 aliphatic rings. The Bertz CT molecular complexity index is 1260. The summed E-state index contributed by atoms with van der Waals surface area (Å²) in [7, 11) is 0. The molecule has 0 radical (unpaired) electrons. The molecular formula is C26H25FN4OS. The van der Waals surface area contributed by atoms with Crippen molar-refractivity contribution in [2.24, 2.45) is 0 Å². The van der Waals surface area contributed by atoms with Crippen molar-refractivity contribution >= 4 is 23.4 Å². The fraction of sp³-hybridized carbons (Fsp3) is 0.192. The zero-order valence-electron chi connectivity index (χ0n) is 19.0. The van der Waals surface area contributed by atoms with Gasteiger partial charge < -0.3 is 5.32 Å². The molecule has 0 aliphatic heterocycles. The molecule has 168 valence electrons. The largest absolute Gasteiger partial charge is 0.325 e. The summed E-state index contributed by atoms with van der Waals surface area (Å²) in [5.74, 6) is 0.186. The fourth-order valence-electron chi connectivity index (χ4n) is 3.76. The van der Waals surface area contributed by atoms with E-state index < -0.39 is 5.25 Å². The Hall–Kier alpha value is -3.45. The quantitative estimate of drug-likeness (QED) is 0.352. The van der Waals surface area contributed by atoms with Gasteiger partial charge in [-0.15, -0.1) is 10.2 Å². The third-order valence-electron chi connectivity index (χ3n) is 5.33. The van der Waals surface area contributed by atoms with Crippen LogP contribution in [0.5, 0.6) is 0 Å². The molecule has 0 aliphatic carbocycles. The molecule has 1 N–H and O–H groups in total. The van der Waals surface area contributed by atoms with E-state index in [2.05, 4.69) is 27.6 Å². The number of amides is 1. The highest BCUT2D eigenvalue weighted by atomic mass is 32.2. The van der Waals surface area contributed by atoms with Crippen LogP contribution in [-0.2, 0) is 4.79 Å². The third-order valence-corrected chi connectivity index (χ3v) is 6.37. The molecule has 3 aromatic carbocycles. The Morgan fingerprint density at radius 3 is 2.24 bits per heavy atom. The van der Waals surface area contributed by atoms with E-state index in [4.69, 9.17) is 0 Å². The Balaban J connectivity index is 1.64. The van der Waals surface area contributed by atoms with Crippen molar-refractivity contribution < 1.29 is 9.18 Å². The number of hydrogen-bond donors (Lipinski definition) is 1. The molecule has 4 aromatic rings. The average Bonchev–Trinajstić information content (AvgIpc) is 3.20. The molecule has 1 atom stereocenters. The standard InChI is InChI=1S/C26H25FN4OS/c1-16-14-17(2)23(18(3)15-16)28-25(32)19(4)33-26-30-29-24(20-8-6-5-7-9-20)31(26)22-12-10-21(27)11-13-22/h5-15,19H,1-4H3,(H,28,32). The van der Waals surface area contributed by atoms with Gasteiger partial charge in [0.1, 0.15) is 5.82 Å². The molecule has 4 rings (SSSR count). The number of nitrogens with one attached hydrogen (secondary N) is 1. The third kappa shape index (κ3) is 4.98. The maximum Gasteiger partial charge on any atom is 0.237 e. The predicted octanol–water partition coefficient (Wildman–Crippen LogP) is 6.12. The number of anilines is 1. The van der Waals surface area contributed by atoms with Gasteiger partial charge in [0.2, 0.25) is 5.91 Å². The van der Waals surface area contributed by atoms with Crippen LogP contribution in [0.3, 0.4) is 0 Å². The van der Waals surface area contributed by atoms with Crippen molar-refractivity contribution in [3.8, 4) is 17.1 Å². The molecule has 5 nitrogen and oxygen atoms in total. The molecule has 0 bridgehead atoms. The van der Waals surface area contributed by atoms with Crippen LogP contribution < -0.4 is 5.32 Å². The number of aromatic nitrogens is 3. The highest BCUT2D eigenvalue weighted by Gasteiger charge is 2.22. The van der Waals surface area contributed by atoms with E-state index in [0.717, 1.165) is 33.6 Å². The number of thioether (sulfide) groups is 1. The molecule has 1 unspecified atom stereocenters. The number of aryl methyl sites for hydroxylation is 3. The second kappa shape index (κ2) is 9.58. The van der Waals surface area contributed by atoms with Crippen molar-refractivity contribution in [1.29, 1.82) is 0 Å². The van der Waals surface area contributed by atoms with Gasteiger partial charge in [-0.1, -0.05) is 59.8 Å². The van der Waals surface area contributed by atoms with E-state index in [1.807, 2.05) is 62.6 Å². The summed E-state index contributed by atoms with van der Waals surface area (Å²) in [6.07, 6.45) is 0. The van der Waals surface area contributed by atoms with Gasteiger partial charge in [-0.05, 0) is 63.1 Å². The van der Waals surface area contributed by atoms with Crippen LogP contribution in [0.15, 0.2) is 71.9 Å². The van der Waals surface area contributed by atoms with Crippen LogP contribution in [0.1, 0.15) is 23.6 Å². The van der Waals surface area contributed by atoms with E-state index in [1.54, 1.807) is 12.1 Å². The lowest BCUT2D eigenvalue weighted by Crippen LogP contribution is -2.24. The summed E-state index contributed by atoms with van der Waals surface area (Å²) >= 11 is 1.31. The average molecular weight is 461 g/mol. The van der Waals surface area contributed by atoms with Gasteiger partial charge in [-0.3, -0.25) is 9.36 Å². The first kappa shape index (κ1) is 22.7. The van der Waals surface area contributed by atoms with Gasteiger partial charge in [0.25, 0.3) is 0 Å². The number of benzene rings is 3. The van der Waals surface area contributed by atoms with E-state index in [1.165, 1.54) is 23.9 Å². The van der Waals surface area contributed by atoms with E-state index in [9.17, 15) is 9.18 Å². The van der Waals surface area contributed by atoms with Gasteiger partial charge in [-0.2, -0.15) is 0 Å². The molecule has 0 saturated heterocycles. The van der Waals surface area contributed by atoms with Crippen molar-refractivity contribution in [1.82, 2.24) is 14.8 Å². The Labute approximate surface area is 197 Å². The summed E-state index contributed by atoms with van der Waals surface area (Å²) in [5, 5.41) is 11.9. The Morgan fingerprint density at radius 2 is 1.61 bits per heavy atom. The van der Waals surface area contributed by atoms with Gasteiger partial charge in [-0.25, -0.2) is 4.39 Å². The van der Waals surface area contributed by atoms with Gasteiger partial charge in [0.05, 0.1) is 5.25 Å². The first-order valence-corrected chi connectivity index (χ1v) is 11.5. The van der Waals surface area contributed by atoms with Gasteiger partial charge in [0, 0.05) is 16.9 Å². The second-order valence-corrected chi connectivity index (χ2v) is 9.32. The summed E-state index contributed by atoms with van der Waals surface area (Å²) in [6, 6.07) is 19.9. The molecule has 33 heavy (non-hydrogen) atoms. The highest BCUT2D eigenvalue weighted by molar-refractivity contribution is 8.00. The molecule has 1 aromatic heterocycles. The van der Waals surface area contributed by atoms with Crippen LogP contribution >= 0.6 is 11.8 Å². The second-order valence-electron chi connectivity index (χ2n) is 8.01. The highest BCUT2D eigenvalue weighted by Crippen LogP contribution is 2.31. The van der Waals surface area contributed by atoms with Crippen molar-refractivity contribution in [2.75, 3.05) is 5.32 Å². The van der Waals surface area contributed by atoms with E-state index >= 15 is 0 Å². The topological polar surface area (TPSA) is 59.8 Å². The number of carbonyl (C=O) groups is 1. The van der Waals surface area contributed by atoms with Crippen LogP contribution in [-0.4, -0.2) is 25.9 Å². The summed E-state index contributed by atoms with van der Waals surface area (Å²) < 4.78 is 15.4. The predicted molar refractivity (Wildman–Crippen MR) is 131 cm³/mol. The molecule has 7 heteroatoms. The monoisotopic (exact) mass is 460 g/mol. The summed E-state index contributed by atoms with van der Waals surface area (Å²) in [4.78, 5) is 13.0. The molecule has 1 heterocycles. The minimum atomic E-state index is -0.433. The summed E-state index contributed by atoms with van der Waals surface area (Å²) in [5.41, 5.74) is 5.65. The lowest BCUT2D eigenvalue weighted by Gasteiger charge is -2.16. The molecule has 0 fully saturated rings.